The lowest BCUT2D eigenvalue weighted by molar-refractivity contribution is -0.139. The molecule has 3 aromatic rings. The van der Waals surface area contributed by atoms with E-state index in [1.54, 1.807) is 36.4 Å². The minimum Gasteiger partial charge on any atom is -0.755 e. The molecule has 0 saturated heterocycles. The standard InChI is InChI=1S/C21H16F3NO4S2/c22-21(23,24)15-8-6-14(7-9-15)17-10-11-18(30-17)25(31(28)29)20(19(26)27)12-16(20)13-4-2-1-3-5-13/h1-11,16H,12H2,(H,26,27)(H,28,29)/p-1. The van der Waals surface area contributed by atoms with Gasteiger partial charge in [0.25, 0.3) is 0 Å². The van der Waals surface area contributed by atoms with E-state index in [0.29, 0.717) is 10.4 Å². The van der Waals surface area contributed by atoms with E-state index in [-0.39, 0.29) is 11.4 Å². The maximum absolute atomic E-state index is 12.8. The highest BCUT2D eigenvalue weighted by molar-refractivity contribution is 7.81. The quantitative estimate of drug-likeness (QED) is 0.516. The summed E-state index contributed by atoms with van der Waals surface area (Å²) in [5.74, 6) is -1.77. The zero-order valence-corrected chi connectivity index (χ0v) is 17.3. The third-order valence-corrected chi connectivity index (χ3v) is 7.36. The van der Waals surface area contributed by atoms with Crippen molar-refractivity contribution in [3.63, 3.8) is 0 Å². The summed E-state index contributed by atoms with van der Waals surface area (Å²) in [5, 5.41) is 10.1. The van der Waals surface area contributed by atoms with Crippen molar-refractivity contribution in [3.8, 4) is 10.4 Å². The Morgan fingerprint density at radius 3 is 2.29 bits per heavy atom. The number of thiophene rings is 1. The number of alkyl halides is 3. The molecule has 2 aromatic carbocycles. The van der Waals surface area contributed by atoms with Crippen LogP contribution in [0.3, 0.4) is 0 Å². The van der Waals surface area contributed by atoms with Crippen molar-refractivity contribution >= 4 is 33.6 Å². The number of aliphatic carboxylic acids is 1. The summed E-state index contributed by atoms with van der Waals surface area (Å²) in [4.78, 5) is 12.7. The molecule has 31 heavy (non-hydrogen) atoms. The fourth-order valence-electron chi connectivity index (χ4n) is 3.70. The van der Waals surface area contributed by atoms with Crippen molar-refractivity contribution in [2.45, 2.75) is 24.1 Å². The fraction of sp³-hybridized carbons (Fsp3) is 0.190. The Balaban J connectivity index is 1.68. The van der Waals surface area contributed by atoms with Gasteiger partial charge in [0.1, 0.15) is 5.00 Å². The molecule has 3 atom stereocenters. The Bertz CT molecular complexity index is 1130. The van der Waals surface area contributed by atoms with E-state index in [4.69, 9.17) is 0 Å². The van der Waals surface area contributed by atoms with E-state index in [0.717, 1.165) is 33.3 Å². The van der Waals surface area contributed by atoms with Gasteiger partial charge in [-0.05, 0) is 41.8 Å². The maximum Gasteiger partial charge on any atom is 0.416 e. The summed E-state index contributed by atoms with van der Waals surface area (Å²) in [6.07, 6.45) is -4.34. The molecule has 1 aliphatic carbocycles. The lowest BCUT2D eigenvalue weighted by atomic mass is 10.1. The number of nitrogens with zero attached hydrogens (tertiary/aromatic N) is 1. The molecule has 3 unspecified atom stereocenters. The van der Waals surface area contributed by atoms with E-state index < -0.39 is 40.4 Å². The van der Waals surface area contributed by atoms with Gasteiger partial charge in [0, 0.05) is 22.1 Å². The molecule has 1 aromatic heterocycles. The predicted molar refractivity (Wildman–Crippen MR) is 110 cm³/mol. The average molecular weight is 466 g/mol. The molecule has 0 spiro atoms. The molecule has 4 rings (SSSR count). The van der Waals surface area contributed by atoms with E-state index >= 15 is 0 Å². The van der Waals surface area contributed by atoms with Crippen LogP contribution in [0.5, 0.6) is 0 Å². The molecule has 0 radical (unpaired) electrons. The normalized spacial score (nSPS) is 21.5. The largest absolute Gasteiger partial charge is 0.755 e. The monoisotopic (exact) mass is 466 g/mol. The van der Waals surface area contributed by atoms with Crippen LogP contribution in [-0.4, -0.2) is 25.4 Å². The summed E-state index contributed by atoms with van der Waals surface area (Å²) in [6, 6.07) is 16.3. The van der Waals surface area contributed by atoms with Crippen LogP contribution in [-0.2, 0) is 22.2 Å². The van der Waals surface area contributed by atoms with E-state index in [1.165, 1.54) is 18.2 Å². The molecule has 162 valence electrons. The molecule has 0 bridgehead atoms. The van der Waals surface area contributed by atoms with Crippen LogP contribution in [0, 0.1) is 0 Å². The number of carboxylic acids is 1. The van der Waals surface area contributed by atoms with Gasteiger partial charge in [0.2, 0.25) is 0 Å². The number of carboxylic acid groups (broad SMARTS) is 1. The van der Waals surface area contributed by atoms with Crippen LogP contribution in [0.2, 0.25) is 0 Å². The lowest BCUT2D eigenvalue weighted by Crippen LogP contribution is -2.46. The zero-order valence-electron chi connectivity index (χ0n) is 15.7. The van der Waals surface area contributed by atoms with Gasteiger partial charge in [0.15, 0.2) is 5.54 Å². The smallest absolute Gasteiger partial charge is 0.416 e. The van der Waals surface area contributed by atoms with Crippen molar-refractivity contribution in [2.75, 3.05) is 4.31 Å². The van der Waals surface area contributed by atoms with E-state index in [1.807, 2.05) is 0 Å². The number of rotatable bonds is 6. The summed E-state index contributed by atoms with van der Waals surface area (Å²) < 4.78 is 63.4. The lowest BCUT2D eigenvalue weighted by Gasteiger charge is -2.32. The Morgan fingerprint density at radius 2 is 1.74 bits per heavy atom. The Hall–Kier alpha value is -2.69. The minimum absolute atomic E-state index is 0.119. The van der Waals surface area contributed by atoms with E-state index in [9.17, 15) is 31.8 Å². The highest BCUT2D eigenvalue weighted by atomic mass is 32.2. The molecule has 1 aliphatic rings. The maximum atomic E-state index is 12.8. The number of anilines is 1. The topological polar surface area (TPSA) is 80.7 Å². The second kappa shape index (κ2) is 7.77. The van der Waals surface area contributed by atoms with Crippen LogP contribution in [0.1, 0.15) is 23.5 Å². The first-order valence-electron chi connectivity index (χ1n) is 9.10. The number of carbonyl (C=O) groups is 1. The molecular weight excluding hydrogens is 451 g/mol. The van der Waals surface area contributed by atoms with Crippen LogP contribution in [0.25, 0.3) is 10.4 Å². The fourth-order valence-corrected chi connectivity index (χ4v) is 5.74. The Morgan fingerprint density at radius 1 is 1.10 bits per heavy atom. The number of hydrogen-bond acceptors (Lipinski definition) is 4. The van der Waals surface area contributed by atoms with Gasteiger partial charge in [-0.1, -0.05) is 42.5 Å². The molecule has 1 N–H and O–H groups in total. The van der Waals surface area contributed by atoms with Gasteiger partial charge >= 0.3 is 12.1 Å². The van der Waals surface area contributed by atoms with Gasteiger partial charge < -0.3 is 9.66 Å². The minimum atomic E-state index is -4.46. The third-order valence-electron chi connectivity index (χ3n) is 5.30. The first kappa shape index (κ1) is 21.5. The molecule has 0 amide bonds. The van der Waals surface area contributed by atoms with Gasteiger partial charge in [-0.2, -0.15) is 13.2 Å². The highest BCUT2D eigenvalue weighted by Crippen LogP contribution is 2.58. The number of hydrogen-bond donors (Lipinski definition) is 1. The summed E-state index contributed by atoms with van der Waals surface area (Å²) in [6.45, 7) is 0. The SMILES string of the molecule is O=C(O)C1(N(c2ccc(-c3ccc(C(F)(F)F)cc3)s2)S(=O)[O-])CC1c1ccccc1. The van der Waals surface area contributed by atoms with Crippen molar-refractivity contribution in [2.24, 2.45) is 0 Å². The average Bonchev–Trinajstić information content (AvgIpc) is 3.29. The zero-order chi connectivity index (χ0) is 22.4. The van der Waals surface area contributed by atoms with Crippen molar-refractivity contribution in [3.05, 3.63) is 77.9 Å². The highest BCUT2D eigenvalue weighted by Gasteiger charge is 2.66. The van der Waals surface area contributed by atoms with Gasteiger partial charge in [-0.15, -0.1) is 11.3 Å². The molecule has 10 heteroatoms. The Labute approximate surface area is 182 Å². The van der Waals surface area contributed by atoms with Crippen LogP contribution >= 0.6 is 11.3 Å². The third kappa shape index (κ3) is 3.86. The van der Waals surface area contributed by atoms with Gasteiger partial charge in [-0.3, -0.25) is 8.51 Å². The molecule has 5 nitrogen and oxygen atoms in total. The van der Waals surface area contributed by atoms with Gasteiger partial charge in [0.05, 0.1) is 5.56 Å². The molecule has 1 saturated carbocycles. The predicted octanol–water partition coefficient (Wildman–Crippen LogP) is 5.05. The van der Waals surface area contributed by atoms with Crippen molar-refractivity contribution < 1.29 is 31.8 Å². The number of halogens is 3. The molecule has 1 fully saturated rings. The second-order valence-electron chi connectivity index (χ2n) is 7.12. The summed E-state index contributed by atoms with van der Waals surface area (Å²) >= 11 is -1.87. The molecule has 1 heterocycles. The van der Waals surface area contributed by atoms with Crippen molar-refractivity contribution in [1.29, 1.82) is 0 Å². The van der Waals surface area contributed by atoms with Crippen LogP contribution in [0.4, 0.5) is 18.2 Å². The first-order valence-corrected chi connectivity index (χ1v) is 10.9. The molecule has 0 aliphatic heterocycles. The first-order chi connectivity index (χ1) is 14.6. The number of benzene rings is 2. The summed E-state index contributed by atoms with van der Waals surface area (Å²) in [7, 11) is 0. The van der Waals surface area contributed by atoms with Crippen LogP contribution < -0.4 is 4.31 Å². The second-order valence-corrected chi connectivity index (χ2v) is 8.98. The Kier molecular flexibility index (Phi) is 5.40. The van der Waals surface area contributed by atoms with Gasteiger partial charge in [-0.25, -0.2) is 4.79 Å². The summed E-state index contributed by atoms with van der Waals surface area (Å²) in [5.41, 5.74) is -1.24. The van der Waals surface area contributed by atoms with E-state index in [2.05, 4.69) is 0 Å². The molecular formula is C21H15F3NO4S2-. The van der Waals surface area contributed by atoms with Crippen LogP contribution in [0.15, 0.2) is 66.7 Å². The van der Waals surface area contributed by atoms with Crippen molar-refractivity contribution in [1.82, 2.24) is 0 Å².